The summed E-state index contributed by atoms with van der Waals surface area (Å²) in [6.07, 6.45) is 1.54. The van der Waals surface area contributed by atoms with Crippen LogP contribution in [0.1, 0.15) is 33.6 Å². The number of hydrogen-bond acceptors (Lipinski definition) is 3. The minimum absolute atomic E-state index is 0.00852. The fourth-order valence-electron chi connectivity index (χ4n) is 1.68. The summed E-state index contributed by atoms with van der Waals surface area (Å²) in [6.45, 7) is 7.36. The molecule has 4 heteroatoms. The Labute approximate surface area is 91.5 Å². The summed E-state index contributed by atoms with van der Waals surface area (Å²) < 4.78 is 5.32. The van der Waals surface area contributed by atoms with E-state index in [9.17, 15) is 4.79 Å². The third-order valence-corrected chi connectivity index (χ3v) is 2.82. The van der Waals surface area contributed by atoms with E-state index in [1.165, 1.54) is 0 Å². The van der Waals surface area contributed by atoms with Crippen LogP contribution in [0.15, 0.2) is 0 Å². The van der Waals surface area contributed by atoms with Gasteiger partial charge in [-0.25, -0.2) is 0 Å². The van der Waals surface area contributed by atoms with Crippen molar-refractivity contribution in [1.82, 2.24) is 5.32 Å². The molecule has 0 aromatic carbocycles. The monoisotopic (exact) mass is 214 g/mol. The van der Waals surface area contributed by atoms with Crippen molar-refractivity contribution in [2.24, 2.45) is 11.1 Å². The summed E-state index contributed by atoms with van der Waals surface area (Å²) in [7, 11) is 0. The van der Waals surface area contributed by atoms with Crippen molar-refractivity contribution in [3.05, 3.63) is 0 Å². The first kappa shape index (κ1) is 12.5. The highest BCUT2D eigenvalue weighted by molar-refractivity contribution is 5.81. The molecule has 1 amide bonds. The summed E-state index contributed by atoms with van der Waals surface area (Å²) in [6, 6.07) is 0.00852. The largest absolute Gasteiger partial charge is 0.368 e. The smallest absolute Gasteiger partial charge is 0.249 e. The first-order chi connectivity index (χ1) is 6.95. The van der Waals surface area contributed by atoms with Gasteiger partial charge in [0.05, 0.1) is 0 Å². The molecule has 2 unspecified atom stereocenters. The molecule has 0 radical (unpaired) electrons. The first-order valence-electron chi connectivity index (χ1n) is 5.57. The molecule has 1 fully saturated rings. The summed E-state index contributed by atoms with van der Waals surface area (Å²) in [5.41, 5.74) is 5.64. The van der Waals surface area contributed by atoms with E-state index in [4.69, 9.17) is 10.5 Å². The average Bonchev–Trinajstić information content (AvgIpc) is 2.64. The second-order valence-electron chi connectivity index (χ2n) is 5.16. The Bertz CT molecular complexity index is 217. The Hall–Kier alpha value is -0.610. The third kappa shape index (κ3) is 3.47. The highest BCUT2D eigenvalue weighted by atomic mass is 16.5. The van der Waals surface area contributed by atoms with Crippen molar-refractivity contribution in [1.29, 1.82) is 0 Å². The number of carbonyl (C=O) groups is 1. The van der Waals surface area contributed by atoms with Gasteiger partial charge >= 0.3 is 0 Å². The lowest BCUT2D eigenvalue weighted by molar-refractivity contribution is -0.131. The van der Waals surface area contributed by atoms with Gasteiger partial charge in [-0.3, -0.25) is 4.79 Å². The lowest BCUT2D eigenvalue weighted by Gasteiger charge is -2.31. The number of nitrogens with one attached hydrogen (secondary N) is 1. The molecule has 88 valence electrons. The van der Waals surface area contributed by atoms with Crippen molar-refractivity contribution in [3.8, 4) is 0 Å². The van der Waals surface area contributed by atoms with Gasteiger partial charge in [-0.05, 0) is 18.3 Å². The van der Waals surface area contributed by atoms with Crippen molar-refractivity contribution >= 4 is 5.91 Å². The van der Waals surface area contributed by atoms with Crippen LogP contribution >= 0.6 is 0 Å². The maximum Gasteiger partial charge on any atom is 0.249 e. The van der Waals surface area contributed by atoms with Crippen LogP contribution in [0.2, 0.25) is 0 Å². The van der Waals surface area contributed by atoms with E-state index in [0.717, 1.165) is 12.8 Å². The van der Waals surface area contributed by atoms with E-state index < -0.39 is 0 Å². The molecule has 0 aromatic heterocycles. The van der Waals surface area contributed by atoms with Crippen molar-refractivity contribution in [2.75, 3.05) is 13.2 Å². The van der Waals surface area contributed by atoms with Crippen LogP contribution in [0.4, 0.5) is 0 Å². The fourth-order valence-corrected chi connectivity index (χ4v) is 1.68. The zero-order chi connectivity index (χ0) is 11.5. The van der Waals surface area contributed by atoms with Gasteiger partial charge in [0.25, 0.3) is 0 Å². The van der Waals surface area contributed by atoms with E-state index in [2.05, 4.69) is 26.1 Å². The predicted octanol–water partition coefficient (Wildman–Crippen LogP) is 0.655. The molecule has 0 bridgehead atoms. The third-order valence-electron chi connectivity index (χ3n) is 2.82. The molecule has 3 N–H and O–H groups in total. The van der Waals surface area contributed by atoms with Crippen molar-refractivity contribution in [3.63, 3.8) is 0 Å². The maximum absolute atomic E-state index is 11.8. The Kier molecular flexibility index (Phi) is 4.11. The molecule has 2 atom stereocenters. The van der Waals surface area contributed by atoms with Gasteiger partial charge in [0, 0.05) is 19.2 Å². The number of amides is 1. The molecular formula is C11H22N2O2. The fraction of sp³-hybridized carbons (Fsp3) is 0.909. The number of hydrogen-bond donors (Lipinski definition) is 2. The molecule has 15 heavy (non-hydrogen) atoms. The van der Waals surface area contributed by atoms with Gasteiger partial charge < -0.3 is 15.8 Å². The Morgan fingerprint density at radius 3 is 2.67 bits per heavy atom. The van der Waals surface area contributed by atoms with Crippen LogP contribution in [0, 0.1) is 5.41 Å². The molecule has 1 heterocycles. The summed E-state index contributed by atoms with van der Waals surface area (Å²) >= 11 is 0. The highest BCUT2D eigenvalue weighted by Gasteiger charge is 2.29. The van der Waals surface area contributed by atoms with Gasteiger partial charge in [0.2, 0.25) is 5.91 Å². The second-order valence-corrected chi connectivity index (χ2v) is 5.16. The lowest BCUT2D eigenvalue weighted by atomic mass is 9.86. The standard InChI is InChI=1S/C11H22N2O2/c1-11(2,3)9(7-12)13-10(14)8-5-4-6-15-8/h8-9H,4-7,12H2,1-3H3,(H,13,14). The Morgan fingerprint density at radius 1 is 1.60 bits per heavy atom. The molecule has 1 aliphatic heterocycles. The Morgan fingerprint density at radius 2 is 2.27 bits per heavy atom. The molecule has 1 rings (SSSR count). The van der Waals surface area contributed by atoms with Gasteiger partial charge in [-0.2, -0.15) is 0 Å². The van der Waals surface area contributed by atoms with E-state index in [-0.39, 0.29) is 23.5 Å². The van der Waals surface area contributed by atoms with Crippen LogP contribution in [-0.2, 0) is 9.53 Å². The Balaban J connectivity index is 2.47. The van der Waals surface area contributed by atoms with Crippen LogP contribution in [0.5, 0.6) is 0 Å². The van der Waals surface area contributed by atoms with Crippen LogP contribution < -0.4 is 11.1 Å². The van der Waals surface area contributed by atoms with Gasteiger partial charge in [-0.1, -0.05) is 20.8 Å². The van der Waals surface area contributed by atoms with Gasteiger partial charge in [-0.15, -0.1) is 0 Å². The second kappa shape index (κ2) is 4.94. The highest BCUT2D eigenvalue weighted by Crippen LogP contribution is 2.19. The zero-order valence-electron chi connectivity index (χ0n) is 9.88. The molecule has 1 aliphatic rings. The van der Waals surface area contributed by atoms with Crippen molar-refractivity contribution < 1.29 is 9.53 Å². The summed E-state index contributed by atoms with van der Waals surface area (Å²) in [5.74, 6) is -0.0159. The molecule has 0 spiro atoms. The molecule has 1 saturated heterocycles. The van der Waals surface area contributed by atoms with E-state index >= 15 is 0 Å². The normalized spacial score (nSPS) is 23.9. The number of ether oxygens (including phenoxy) is 1. The molecule has 0 aromatic rings. The van der Waals surface area contributed by atoms with E-state index in [1.54, 1.807) is 0 Å². The minimum Gasteiger partial charge on any atom is -0.368 e. The van der Waals surface area contributed by atoms with Crippen molar-refractivity contribution in [2.45, 2.75) is 45.8 Å². The number of nitrogens with two attached hydrogens (primary N) is 1. The SMILES string of the molecule is CC(C)(C)C(CN)NC(=O)C1CCCO1. The molecule has 0 saturated carbocycles. The van der Waals surface area contributed by atoms with E-state index in [1.807, 2.05) is 0 Å². The topological polar surface area (TPSA) is 64.3 Å². The molecule has 4 nitrogen and oxygen atoms in total. The summed E-state index contributed by atoms with van der Waals surface area (Å²) in [5, 5.41) is 2.96. The average molecular weight is 214 g/mol. The number of carbonyl (C=O) groups excluding carboxylic acids is 1. The molecular weight excluding hydrogens is 192 g/mol. The van der Waals surface area contributed by atoms with E-state index in [0.29, 0.717) is 13.2 Å². The number of rotatable bonds is 3. The lowest BCUT2D eigenvalue weighted by Crippen LogP contribution is -2.51. The quantitative estimate of drug-likeness (QED) is 0.725. The first-order valence-corrected chi connectivity index (χ1v) is 5.57. The molecule has 0 aliphatic carbocycles. The van der Waals surface area contributed by atoms with Gasteiger partial charge in [0.15, 0.2) is 0 Å². The zero-order valence-corrected chi connectivity index (χ0v) is 9.88. The predicted molar refractivity (Wildman–Crippen MR) is 59.4 cm³/mol. The summed E-state index contributed by atoms with van der Waals surface area (Å²) in [4.78, 5) is 11.8. The van der Waals surface area contributed by atoms with Crippen LogP contribution in [0.3, 0.4) is 0 Å². The van der Waals surface area contributed by atoms with Crippen LogP contribution in [0.25, 0.3) is 0 Å². The van der Waals surface area contributed by atoms with Gasteiger partial charge in [0.1, 0.15) is 6.10 Å². The maximum atomic E-state index is 11.8. The minimum atomic E-state index is -0.263. The van der Waals surface area contributed by atoms with Crippen LogP contribution in [-0.4, -0.2) is 31.2 Å².